The molecule has 2 aromatic heterocycles. The summed E-state index contributed by atoms with van der Waals surface area (Å²) in [5.74, 6) is -1.55. The number of amides is 1. The Labute approximate surface area is 191 Å². The second-order valence-electron chi connectivity index (χ2n) is 6.77. The van der Waals surface area contributed by atoms with Crippen LogP contribution in [0, 0.1) is 5.82 Å². The molecule has 0 aliphatic rings. The van der Waals surface area contributed by atoms with E-state index < -0.39 is 23.3 Å². The SMILES string of the molecule is CCOC(=O)c1nn(-c2ccc(OC)cc2)c(=O)c2c(NC(=O)c3ccccc3F)scc12. The normalized spacial score (nSPS) is 10.8. The van der Waals surface area contributed by atoms with Crippen LogP contribution in [0.1, 0.15) is 27.8 Å². The smallest absolute Gasteiger partial charge is 0.359 e. The quantitative estimate of drug-likeness (QED) is 0.430. The first-order chi connectivity index (χ1) is 15.9. The number of ether oxygens (including phenoxy) is 2. The van der Waals surface area contributed by atoms with Crippen LogP contribution >= 0.6 is 11.3 Å². The van der Waals surface area contributed by atoms with Crippen LogP contribution in [0.5, 0.6) is 5.75 Å². The van der Waals surface area contributed by atoms with Gasteiger partial charge in [0.15, 0.2) is 5.69 Å². The van der Waals surface area contributed by atoms with E-state index in [1.807, 2.05) is 0 Å². The number of nitrogens with one attached hydrogen (secondary N) is 1. The van der Waals surface area contributed by atoms with Crippen molar-refractivity contribution in [2.45, 2.75) is 6.92 Å². The molecule has 0 fully saturated rings. The summed E-state index contributed by atoms with van der Waals surface area (Å²) >= 11 is 1.03. The lowest BCUT2D eigenvalue weighted by Gasteiger charge is -2.10. The number of thiophene rings is 1. The number of hydrogen-bond acceptors (Lipinski definition) is 7. The van der Waals surface area contributed by atoms with Crippen LogP contribution < -0.4 is 15.6 Å². The molecule has 8 nitrogen and oxygen atoms in total. The topological polar surface area (TPSA) is 99.5 Å². The first-order valence-corrected chi connectivity index (χ1v) is 10.7. The van der Waals surface area contributed by atoms with Crippen LogP contribution in [-0.2, 0) is 4.74 Å². The Kier molecular flexibility index (Phi) is 6.18. The largest absolute Gasteiger partial charge is 0.497 e. The van der Waals surface area contributed by atoms with Gasteiger partial charge in [-0.1, -0.05) is 12.1 Å². The monoisotopic (exact) mass is 467 g/mol. The molecule has 1 amide bonds. The molecule has 33 heavy (non-hydrogen) atoms. The van der Waals surface area contributed by atoms with Crippen molar-refractivity contribution in [1.29, 1.82) is 0 Å². The Balaban J connectivity index is 1.88. The number of benzene rings is 2. The van der Waals surface area contributed by atoms with Crippen molar-refractivity contribution >= 4 is 39.0 Å². The van der Waals surface area contributed by atoms with Gasteiger partial charge in [0.2, 0.25) is 0 Å². The highest BCUT2D eigenvalue weighted by molar-refractivity contribution is 7.16. The molecule has 168 valence electrons. The van der Waals surface area contributed by atoms with Crippen LogP contribution in [0.25, 0.3) is 16.5 Å². The number of hydrogen-bond donors (Lipinski definition) is 1. The number of halogens is 1. The molecule has 0 aliphatic carbocycles. The highest BCUT2D eigenvalue weighted by atomic mass is 32.1. The lowest BCUT2D eigenvalue weighted by Crippen LogP contribution is -2.25. The fourth-order valence-electron chi connectivity index (χ4n) is 3.21. The van der Waals surface area contributed by atoms with E-state index in [1.54, 1.807) is 31.2 Å². The van der Waals surface area contributed by atoms with Crippen molar-refractivity contribution in [2.75, 3.05) is 19.0 Å². The van der Waals surface area contributed by atoms with Crippen molar-refractivity contribution in [3.63, 3.8) is 0 Å². The molecule has 2 heterocycles. The third kappa shape index (κ3) is 4.20. The maximum atomic E-state index is 14.1. The minimum absolute atomic E-state index is 0.0681. The van der Waals surface area contributed by atoms with Gasteiger partial charge in [0.05, 0.1) is 30.4 Å². The van der Waals surface area contributed by atoms with E-state index in [9.17, 15) is 18.8 Å². The summed E-state index contributed by atoms with van der Waals surface area (Å²) in [6.07, 6.45) is 0. The summed E-state index contributed by atoms with van der Waals surface area (Å²) in [5.41, 5.74) is -0.432. The molecule has 0 bridgehead atoms. The van der Waals surface area contributed by atoms with Gasteiger partial charge in [0.1, 0.15) is 16.6 Å². The number of carbonyl (C=O) groups excluding carboxylic acids is 2. The average molecular weight is 467 g/mol. The molecule has 0 atom stereocenters. The van der Waals surface area contributed by atoms with Crippen LogP contribution in [0.2, 0.25) is 0 Å². The minimum Gasteiger partial charge on any atom is -0.497 e. The lowest BCUT2D eigenvalue weighted by atomic mass is 10.2. The maximum Gasteiger partial charge on any atom is 0.359 e. The summed E-state index contributed by atoms with van der Waals surface area (Å²) < 4.78 is 25.4. The molecule has 0 saturated heterocycles. The Morgan fingerprint density at radius 3 is 2.55 bits per heavy atom. The fraction of sp³-hybridized carbons (Fsp3) is 0.130. The zero-order valence-corrected chi connectivity index (χ0v) is 18.4. The number of anilines is 1. The van der Waals surface area contributed by atoms with Gasteiger partial charge in [-0.25, -0.2) is 9.18 Å². The summed E-state index contributed by atoms with van der Waals surface area (Å²) in [5, 5.41) is 8.82. The Bertz CT molecular complexity index is 1410. The van der Waals surface area contributed by atoms with E-state index in [1.165, 1.54) is 36.8 Å². The number of esters is 1. The van der Waals surface area contributed by atoms with Crippen molar-refractivity contribution < 1.29 is 23.5 Å². The Morgan fingerprint density at radius 2 is 1.88 bits per heavy atom. The standard InChI is InChI=1S/C23H18FN3O5S/c1-3-32-23(30)19-16-12-33-21(25-20(28)15-6-4-5-7-17(15)24)18(16)22(29)27(26-19)13-8-10-14(31-2)11-9-13/h4-12H,3H2,1-2H3,(H,25,28). The van der Waals surface area contributed by atoms with Gasteiger partial charge in [-0.05, 0) is 43.3 Å². The summed E-state index contributed by atoms with van der Waals surface area (Å²) in [4.78, 5) is 38.6. The van der Waals surface area contributed by atoms with Gasteiger partial charge < -0.3 is 14.8 Å². The highest BCUT2D eigenvalue weighted by Gasteiger charge is 2.24. The van der Waals surface area contributed by atoms with E-state index >= 15 is 0 Å². The van der Waals surface area contributed by atoms with Crippen molar-refractivity contribution in [3.05, 3.63) is 81.3 Å². The molecular formula is C23H18FN3O5S. The zero-order chi connectivity index (χ0) is 23.5. The van der Waals surface area contributed by atoms with Gasteiger partial charge in [-0.2, -0.15) is 9.78 Å². The predicted octanol–water partition coefficient (Wildman–Crippen LogP) is 4.02. The first-order valence-electron chi connectivity index (χ1n) is 9.86. The number of methoxy groups -OCH3 is 1. The average Bonchev–Trinajstić information content (AvgIpc) is 3.24. The second-order valence-corrected chi connectivity index (χ2v) is 7.65. The number of aromatic nitrogens is 2. The fourth-order valence-corrected chi connectivity index (χ4v) is 4.14. The van der Waals surface area contributed by atoms with Crippen molar-refractivity contribution in [2.24, 2.45) is 0 Å². The molecule has 10 heteroatoms. The molecule has 0 radical (unpaired) electrons. The van der Waals surface area contributed by atoms with E-state index in [4.69, 9.17) is 9.47 Å². The molecule has 2 aromatic carbocycles. The molecule has 0 unspecified atom stereocenters. The molecule has 0 saturated carbocycles. The molecule has 4 rings (SSSR count). The first kappa shape index (κ1) is 22.2. The summed E-state index contributed by atoms with van der Waals surface area (Å²) in [6.45, 7) is 1.77. The Hall–Kier alpha value is -4.05. The van der Waals surface area contributed by atoms with E-state index in [2.05, 4.69) is 10.4 Å². The molecular weight excluding hydrogens is 449 g/mol. The molecule has 1 N–H and O–H groups in total. The van der Waals surface area contributed by atoms with E-state index in [0.717, 1.165) is 16.0 Å². The summed E-state index contributed by atoms with van der Waals surface area (Å²) in [6, 6.07) is 12.0. The highest BCUT2D eigenvalue weighted by Crippen LogP contribution is 2.31. The van der Waals surface area contributed by atoms with Crippen LogP contribution in [0.3, 0.4) is 0 Å². The predicted molar refractivity (Wildman–Crippen MR) is 122 cm³/mol. The Morgan fingerprint density at radius 1 is 1.15 bits per heavy atom. The second kappa shape index (κ2) is 9.21. The number of fused-ring (bicyclic) bond motifs is 1. The van der Waals surface area contributed by atoms with Gasteiger partial charge >= 0.3 is 5.97 Å². The van der Waals surface area contributed by atoms with Crippen molar-refractivity contribution in [3.8, 4) is 11.4 Å². The molecule has 0 spiro atoms. The van der Waals surface area contributed by atoms with Crippen molar-refractivity contribution in [1.82, 2.24) is 9.78 Å². The van der Waals surface area contributed by atoms with E-state index in [0.29, 0.717) is 11.4 Å². The van der Waals surface area contributed by atoms with Gasteiger partial charge in [-0.15, -0.1) is 11.3 Å². The maximum absolute atomic E-state index is 14.1. The number of nitrogens with zero attached hydrogens (tertiary/aromatic N) is 2. The van der Waals surface area contributed by atoms with Gasteiger partial charge in [0, 0.05) is 10.8 Å². The number of rotatable bonds is 6. The van der Waals surface area contributed by atoms with Crippen LogP contribution in [0.4, 0.5) is 9.39 Å². The third-order valence-electron chi connectivity index (χ3n) is 4.78. The van der Waals surface area contributed by atoms with Crippen LogP contribution in [0.15, 0.2) is 58.7 Å². The van der Waals surface area contributed by atoms with Gasteiger partial charge in [0.25, 0.3) is 11.5 Å². The molecule has 4 aromatic rings. The van der Waals surface area contributed by atoms with Gasteiger partial charge in [-0.3, -0.25) is 9.59 Å². The zero-order valence-electron chi connectivity index (χ0n) is 17.6. The number of carbonyl (C=O) groups is 2. The summed E-state index contributed by atoms with van der Waals surface area (Å²) in [7, 11) is 1.51. The third-order valence-corrected chi connectivity index (χ3v) is 5.68. The lowest BCUT2D eigenvalue weighted by molar-refractivity contribution is 0.0520. The van der Waals surface area contributed by atoms with E-state index in [-0.39, 0.29) is 33.6 Å². The molecule has 0 aliphatic heterocycles. The van der Waals surface area contributed by atoms with Crippen LogP contribution in [-0.4, -0.2) is 35.4 Å². The minimum atomic E-state index is -0.721.